The van der Waals surface area contributed by atoms with Crippen molar-refractivity contribution >= 4 is 0 Å². The van der Waals surface area contributed by atoms with Gasteiger partial charge in [-0.05, 0) is 49.5 Å². The van der Waals surface area contributed by atoms with Crippen molar-refractivity contribution in [3.63, 3.8) is 0 Å². The standard InChI is InChI=1S/C15H31N/c1-11-7-8-13(9-12(11)2)14(16-6)10-15(3,4)5/h11-14,16H,7-10H2,1-6H3. The van der Waals surface area contributed by atoms with Gasteiger partial charge in [-0.15, -0.1) is 0 Å². The van der Waals surface area contributed by atoms with E-state index in [0.717, 1.165) is 23.8 Å². The summed E-state index contributed by atoms with van der Waals surface area (Å²) in [5.41, 5.74) is 0.444. The zero-order valence-electron chi connectivity index (χ0n) is 12.1. The van der Waals surface area contributed by atoms with Crippen molar-refractivity contribution in [3.05, 3.63) is 0 Å². The molecule has 0 bridgehead atoms. The highest BCUT2D eigenvalue weighted by Gasteiger charge is 2.31. The third-order valence-corrected chi connectivity index (χ3v) is 4.41. The molecule has 1 heteroatoms. The molecule has 1 fully saturated rings. The largest absolute Gasteiger partial charge is 0.317 e. The quantitative estimate of drug-likeness (QED) is 0.763. The molecule has 0 aromatic carbocycles. The maximum atomic E-state index is 3.56. The topological polar surface area (TPSA) is 12.0 Å². The van der Waals surface area contributed by atoms with Crippen LogP contribution < -0.4 is 5.32 Å². The summed E-state index contributed by atoms with van der Waals surface area (Å²) in [4.78, 5) is 0. The second kappa shape index (κ2) is 5.53. The Bertz CT molecular complexity index is 204. The minimum Gasteiger partial charge on any atom is -0.317 e. The second-order valence-corrected chi connectivity index (χ2v) is 7.19. The first-order valence-corrected chi connectivity index (χ1v) is 7.00. The maximum absolute atomic E-state index is 3.56. The Morgan fingerprint density at radius 2 is 1.75 bits per heavy atom. The Kier molecular flexibility index (Phi) is 4.85. The molecule has 1 rings (SSSR count). The average molecular weight is 225 g/mol. The Hall–Kier alpha value is -0.0400. The molecule has 96 valence electrons. The molecule has 0 amide bonds. The molecular formula is C15H31N. The molecule has 16 heavy (non-hydrogen) atoms. The van der Waals surface area contributed by atoms with Crippen LogP contribution in [0.1, 0.15) is 60.3 Å². The molecular weight excluding hydrogens is 194 g/mol. The van der Waals surface area contributed by atoms with Crippen molar-refractivity contribution in [2.45, 2.75) is 66.3 Å². The summed E-state index contributed by atoms with van der Waals surface area (Å²) in [7, 11) is 2.14. The Morgan fingerprint density at radius 3 is 2.19 bits per heavy atom. The maximum Gasteiger partial charge on any atom is 0.00974 e. The van der Waals surface area contributed by atoms with Gasteiger partial charge < -0.3 is 5.32 Å². The lowest BCUT2D eigenvalue weighted by Crippen LogP contribution is -2.40. The van der Waals surface area contributed by atoms with Crippen LogP contribution in [0.3, 0.4) is 0 Å². The zero-order chi connectivity index (χ0) is 12.3. The van der Waals surface area contributed by atoms with Crippen LogP contribution in [0.2, 0.25) is 0 Å². The van der Waals surface area contributed by atoms with Crippen molar-refractivity contribution in [1.29, 1.82) is 0 Å². The van der Waals surface area contributed by atoms with Crippen molar-refractivity contribution in [1.82, 2.24) is 5.32 Å². The van der Waals surface area contributed by atoms with Gasteiger partial charge in [-0.25, -0.2) is 0 Å². The van der Waals surface area contributed by atoms with Crippen molar-refractivity contribution in [3.8, 4) is 0 Å². The van der Waals surface area contributed by atoms with E-state index in [1.54, 1.807) is 0 Å². The van der Waals surface area contributed by atoms with Crippen molar-refractivity contribution in [2.24, 2.45) is 23.2 Å². The number of nitrogens with one attached hydrogen (secondary N) is 1. The summed E-state index contributed by atoms with van der Waals surface area (Å²) in [5.74, 6) is 2.74. The van der Waals surface area contributed by atoms with E-state index in [9.17, 15) is 0 Å². The lowest BCUT2D eigenvalue weighted by Gasteiger charge is -2.39. The van der Waals surface area contributed by atoms with Crippen LogP contribution >= 0.6 is 0 Å². The van der Waals surface area contributed by atoms with E-state index in [1.807, 2.05) is 0 Å². The molecule has 4 atom stereocenters. The molecule has 0 aliphatic heterocycles. The summed E-state index contributed by atoms with van der Waals surface area (Å²) >= 11 is 0. The van der Waals surface area contributed by atoms with Gasteiger partial charge in [-0.3, -0.25) is 0 Å². The van der Waals surface area contributed by atoms with Gasteiger partial charge in [-0.1, -0.05) is 41.0 Å². The molecule has 1 nitrogen and oxygen atoms in total. The molecule has 0 radical (unpaired) electrons. The normalized spacial score (nSPS) is 33.8. The molecule has 0 heterocycles. The fourth-order valence-corrected chi connectivity index (χ4v) is 3.12. The number of hydrogen-bond donors (Lipinski definition) is 1. The molecule has 1 N–H and O–H groups in total. The third kappa shape index (κ3) is 4.08. The first kappa shape index (κ1) is 14.0. The minimum absolute atomic E-state index is 0.444. The van der Waals surface area contributed by atoms with Crippen molar-refractivity contribution < 1.29 is 0 Å². The smallest absolute Gasteiger partial charge is 0.00974 e. The second-order valence-electron chi connectivity index (χ2n) is 7.19. The predicted molar refractivity (Wildman–Crippen MR) is 72.6 cm³/mol. The van der Waals surface area contributed by atoms with Crippen LogP contribution in [0.15, 0.2) is 0 Å². The molecule has 1 aliphatic carbocycles. The Morgan fingerprint density at radius 1 is 1.12 bits per heavy atom. The molecule has 1 saturated carbocycles. The van der Waals surface area contributed by atoms with E-state index >= 15 is 0 Å². The first-order chi connectivity index (χ1) is 7.33. The SMILES string of the molecule is CNC(CC(C)(C)C)C1CCC(C)C(C)C1. The highest BCUT2D eigenvalue weighted by Crippen LogP contribution is 2.37. The summed E-state index contributed by atoms with van der Waals surface area (Å²) in [6.07, 6.45) is 5.57. The first-order valence-electron chi connectivity index (χ1n) is 7.00. The van der Waals surface area contributed by atoms with E-state index in [-0.39, 0.29) is 0 Å². The highest BCUT2D eigenvalue weighted by molar-refractivity contribution is 4.85. The van der Waals surface area contributed by atoms with E-state index in [2.05, 4.69) is 47.0 Å². The highest BCUT2D eigenvalue weighted by atomic mass is 14.9. The van der Waals surface area contributed by atoms with Gasteiger partial charge in [0.15, 0.2) is 0 Å². The molecule has 0 aromatic heterocycles. The van der Waals surface area contributed by atoms with Gasteiger partial charge in [0, 0.05) is 6.04 Å². The van der Waals surface area contributed by atoms with Crippen LogP contribution in [0.4, 0.5) is 0 Å². The summed E-state index contributed by atoms with van der Waals surface area (Å²) < 4.78 is 0. The van der Waals surface area contributed by atoms with Gasteiger partial charge in [0.1, 0.15) is 0 Å². The summed E-state index contributed by atoms with van der Waals surface area (Å²) in [5, 5.41) is 3.56. The van der Waals surface area contributed by atoms with Gasteiger partial charge >= 0.3 is 0 Å². The Labute approximate surface area is 102 Å². The van der Waals surface area contributed by atoms with Crippen LogP contribution in [-0.2, 0) is 0 Å². The van der Waals surface area contributed by atoms with Gasteiger partial charge in [0.25, 0.3) is 0 Å². The van der Waals surface area contributed by atoms with Crippen LogP contribution in [0, 0.1) is 23.2 Å². The molecule has 0 aromatic rings. The van der Waals surface area contributed by atoms with Gasteiger partial charge in [0.2, 0.25) is 0 Å². The van der Waals surface area contributed by atoms with E-state index in [1.165, 1.54) is 25.7 Å². The fourth-order valence-electron chi connectivity index (χ4n) is 3.12. The van der Waals surface area contributed by atoms with Crippen LogP contribution in [0.5, 0.6) is 0 Å². The molecule has 4 unspecified atom stereocenters. The lowest BCUT2D eigenvalue weighted by molar-refractivity contribution is 0.149. The third-order valence-electron chi connectivity index (χ3n) is 4.41. The van der Waals surface area contributed by atoms with E-state index in [0.29, 0.717) is 5.41 Å². The number of hydrogen-bond acceptors (Lipinski definition) is 1. The van der Waals surface area contributed by atoms with Gasteiger partial charge in [0.05, 0.1) is 0 Å². The lowest BCUT2D eigenvalue weighted by atomic mass is 9.70. The molecule has 1 aliphatic rings. The Balaban J connectivity index is 2.54. The van der Waals surface area contributed by atoms with E-state index < -0.39 is 0 Å². The monoisotopic (exact) mass is 225 g/mol. The number of rotatable bonds is 3. The predicted octanol–water partition coefficient (Wildman–Crippen LogP) is 4.08. The zero-order valence-corrected chi connectivity index (χ0v) is 12.1. The summed E-state index contributed by atoms with van der Waals surface area (Å²) in [6, 6.07) is 0.718. The van der Waals surface area contributed by atoms with Crippen LogP contribution in [0.25, 0.3) is 0 Å². The van der Waals surface area contributed by atoms with Crippen LogP contribution in [-0.4, -0.2) is 13.1 Å². The minimum atomic E-state index is 0.444. The summed E-state index contributed by atoms with van der Waals surface area (Å²) in [6.45, 7) is 11.9. The molecule has 0 spiro atoms. The average Bonchev–Trinajstić information content (AvgIpc) is 2.17. The van der Waals surface area contributed by atoms with Gasteiger partial charge in [-0.2, -0.15) is 0 Å². The van der Waals surface area contributed by atoms with E-state index in [4.69, 9.17) is 0 Å². The van der Waals surface area contributed by atoms with Crippen molar-refractivity contribution in [2.75, 3.05) is 7.05 Å². The fraction of sp³-hybridized carbons (Fsp3) is 1.00. The molecule has 0 saturated heterocycles.